The fraction of sp³-hybridized carbons (Fsp3) is 0.0833. The van der Waals surface area contributed by atoms with E-state index in [-0.39, 0.29) is 5.82 Å². The van der Waals surface area contributed by atoms with Crippen LogP contribution in [-0.2, 0) is 5.75 Å². The summed E-state index contributed by atoms with van der Waals surface area (Å²) in [5.41, 5.74) is 0.848. The van der Waals surface area contributed by atoms with Crippen LogP contribution in [-0.4, -0.2) is 4.98 Å². The molecule has 1 aromatic carbocycles. The predicted octanol–water partition coefficient (Wildman–Crippen LogP) is 4.17. The summed E-state index contributed by atoms with van der Waals surface area (Å²) in [6.07, 6.45) is 0. The van der Waals surface area contributed by atoms with Crippen molar-refractivity contribution in [2.24, 2.45) is 0 Å². The Hall–Kier alpha value is -1.06. The number of aromatic nitrogens is 1. The van der Waals surface area contributed by atoms with E-state index in [0.29, 0.717) is 15.8 Å². The number of halogens is 2. The van der Waals surface area contributed by atoms with Gasteiger partial charge >= 0.3 is 0 Å². The molecule has 0 spiro atoms. The number of nitrogens with zero attached hydrogens (tertiary/aromatic N) is 1. The monoisotopic (exact) mass is 253 g/mol. The summed E-state index contributed by atoms with van der Waals surface area (Å²) in [6.45, 7) is 0. The number of hydrogen-bond acceptors (Lipinski definition) is 2. The van der Waals surface area contributed by atoms with Gasteiger partial charge in [0, 0.05) is 10.6 Å². The predicted molar refractivity (Wildman–Crippen MR) is 65.2 cm³/mol. The van der Waals surface area contributed by atoms with E-state index in [1.807, 2.05) is 18.2 Å². The largest absolute Gasteiger partial charge is 0.240 e. The Morgan fingerprint density at radius 3 is 2.69 bits per heavy atom. The van der Waals surface area contributed by atoms with Gasteiger partial charge in [-0.25, -0.2) is 9.37 Å². The van der Waals surface area contributed by atoms with Gasteiger partial charge in [0.05, 0.1) is 5.69 Å². The molecular weight excluding hydrogens is 245 g/mol. The second kappa shape index (κ2) is 5.32. The molecule has 1 nitrogen and oxygen atoms in total. The summed E-state index contributed by atoms with van der Waals surface area (Å²) in [5.74, 6) is 0.413. The van der Waals surface area contributed by atoms with Crippen molar-refractivity contribution in [1.29, 1.82) is 0 Å². The molecule has 0 N–H and O–H groups in total. The molecule has 0 saturated heterocycles. The normalized spacial score (nSPS) is 10.4. The molecule has 1 aromatic heterocycles. The van der Waals surface area contributed by atoms with Crippen molar-refractivity contribution in [1.82, 2.24) is 4.98 Å². The van der Waals surface area contributed by atoms with Crippen molar-refractivity contribution in [3.63, 3.8) is 0 Å². The first kappa shape index (κ1) is 11.4. The van der Waals surface area contributed by atoms with Crippen LogP contribution < -0.4 is 0 Å². The zero-order valence-electron chi connectivity index (χ0n) is 8.36. The van der Waals surface area contributed by atoms with Crippen molar-refractivity contribution in [3.05, 3.63) is 59.1 Å². The summed E-state index contributed by atoms with van der Waals surface area (Å²) in [6, 6.07) is 12.1. The van der Waals surface area contributed by atoms with Crippen LogP contribution in [0.5, 0.6) is 0 Å². The van der Waals surface area contributed by atoms with E-state index in [1.54, 1.807) is 18.2 Å². The van der Waals surface area contributed by atoms with Gasteiger partial charge in [0.2, 0.25) is 0 Å². The van der Waals surface area contributed by atoms with E-state index in [0.717, 1.165) is 5.69 Å². The lowest BCUT2D eigenvalue weighted by atomic mass is 10.3. The Bertz CT molecular complexity index is 490. The average Bonchev–Trinajstić information content (AvgIpc) is 2.28. The van der Waals surface area contributed by atoms with Crippen molar-refractivity contribution < 1.29 is 4.39 Å². The Morgan fingerprint density at radius 1 is 1.12 bits per heavy atom. The van der Waals surface area contributed by atoms with E-state index >= 15 is 0 Å². The highest BCUT2D eigenvalue weighted by Crippen LogP contribution is 2.24. The smallest absolute Gasteiger partial charge is 0.136 e. The van der Waals surface area contributed by atoms with Gasteiger partial charge in [-0.3, -0.25) is 0 Å². The summed E-state index contributed by atoms with van der Waals surface area (Å²) in [5, 5.41) is 0.464. The van der Waals surface area contributed by atoms with Gasteiger partial charge in [0.25, 0.3) is 0 Å². The van der Waals surface area contributed by atoms with Crippen molar-refractivity contribution in [2.45, 2.75) is 10.6 Å². The van der Waals surface area contributed by atoms with Crippen LogP contribution in [0.4, 0.5) is 4.39 Å². The second-order valence-corrected chi connectivity index (χ2v) is 4.58. The minimum atomic E-state index is -0.200. The van der Waals surface area contributed by atoms with Crippen LogP contribution >= 0.6 is 23.4 Å². The molecule has 4 heteroatoms. The van der Waals surface area contributed by atoms with Crippen LogP contribution in [0.3, 0.4) is 0 Å². The Balaban J connectivity index is 2.05. The number of benzene rings is 1. The van der Waals surface area contributed by atoms with Gasteiger partial charge in [-0.1, -0.05) is 29.8 Å². The molecular formula is C12H9ClFNS. The molecule has 0 amide bonds. The average molecular weight is 254 g/mol. The van der Waals surface area contributed by atoms with E-state index < -0.39 is 0 Å². The zero-order valence-corrected chi connectivity index (χ0v) is 9.93. The third-order valence-electron chi connectivity index (χ3n) is 1.98. The fourth-order valence-corrected chi connectivity index (χ4v) is 2.27. The summed E-state index contributed by atoms with van der Waals surface area (Å²) < 4.78 is 13.3. The van der Waals surface area contributed by atoms with Gasteiger partial charge in [-0.2, -0.15) is 0 Å². The number of hydrogen-bond donors (Lipinski definition) is 0. The van der Waals surface area contributed by atoms with Crippen LogP contribution in [0, 0.1) is 5.82 Å². The molecule has 0 bridgehead atoms. The van der Waals surface area contributed by atoms with Gasteiger partial charge in [-0.15, -0.1) is 11.8 Å². The minimum Gasteiger partial charge on any atom is -0.240 e. The molecule has 0 atom stereocenters. The quantitative estimate of drug-likeness (QED) is 0.602. The van der Waals surface area contributed by atoms with Gasteiger partial charge < -0.3 is 0 Å². The minimum absolute atomic E-state index is 0.200. The Morgan fingerprint density at radius 2 is 1.94 bits per heavy atom. The lowest BCUT2D eigenvalue weighted by Gasteiger charge is -2.02. The topological polar surface area (TPSA) is 12.9 Å². The Labute approximate surface area is 103 Å². The van der Waals surface area contributed by atoms with E-state index in [1.165, 1.54) is 17.8 Å². The first-order chi connectivity index (χ1) is 7.75. The summed E-state index contributed by atoms with van der Waals surface area (Å²) >= 11 is 7.18. The van der Waals surface area contributed by atoms with E-state index in [2.05, 4.69) is 4.98 Å². The SMILES string of the molecule is Fc1ccccc1SCc1cccc(Cl)n1. The Kier molecular flexibility index (Phi) is 3.80. The summed E-state index contributed by atoms with van der Waals surface area (Å²) in [7, 11) is 0. The molecule has 0 saturated carbocycles. The first-order valence-electron chi connectivity index (χ1n) is 4.74. The maximum absolute atomic E-state index is 13.3. The highest BCUT2D eigenvalue weighted by atomic mass is 35.5. The van der Waals surface area contributed by atoms with E-state index in [4.69, 9.17) is 11.6 Å². The van der Waals surface area contributed by atoms with Crippen molar-refractivity contribution in [3.8, 4) is 0 Å². The highest BCUT2D eigenvalue weighted by molar-refractivity contribution is 7.98. The molecule has 0 aliphatic rings. The number of pyridine rings is 1. The van der Waals surface area contributed by atoms with Gasteiger partial charge in [-0.05, 0) is 24.3 Å². The highest BCUT2D eigenvalue weighted by Gasteiger charge is 2.02. The second-order valence-electron chi connectivity index (χ2n) is 3.17. The number of thioether (sulfide) groups is 1. The maximum Gasteiger partial charge on any atom is 0.136 e. The van der Waals surface area contributed by atoms with Gasteiger partial charge in [0.1, 0.15) is 11.0 Å². The summed E-state index contributed by atoms with van der Waals surface area (Å²) in [4.78, 5) is 4.77. The first-order valence-corrected chi connectivity index (χ1v) is 6.11. The third kappa shape index (κ3) is 2.97. The molecule has 82 valence electrons. The standard InChI is InChI=1S/C12H9ClFNS/c13-12-7-3-4-9(15-12)8-16-11-6-2-1-5-10(11)14/h1-7H,8H2. The number of rotatable bonds is 3. The van der Waals surface area contributed by atoms with Crippen LogP contribution in [0.2, 0.25) is 5.15 Å². The van der Waals surface area contributed by atoms with Crippen molar-refractivity contribution in [2.75, 3.05) is 0 Å². The zero-order chi connectivity index (χ0) is 11.4. The molecule has 0 aliphatic heterocycles. The molecule has 0 aliphatic carbocycles. The third-order valence-corrected chi connectivity index (χ3v) is 3.28. The molecule has 0 unspecified atom stereocenters. The maximum atomic E-state index is 13.3. The fourth-order valence-electron chi connectivity index (χ4n) is 1.24. The molecule has 1 heterocycles. The van der Waals surface area contributed by atoms with Gasteiger partial charge in [0.15, 0.2) is 0 Å². The molecule has 16 heavy (non-hydrogen) atoms. The van der Waals surface area contributed by atoms with Crippen LogP contribution in [0.25, 0.3) is 0 Å². The van der Waals surface area contributed by atoms with Crippen LogP contribution in [0.15, 0.2) is 47.4 Å². The van der Waals surface area contributed by atoms with Crippen molar-refractivity contribution >= 4 is 23.4 Å². The lowest BCUT2D eigenvalue weighted by Crippen LogP contribution is -1.87. The molecule has 0 radical (unpaired) electrons. The molecule has 2 rings (SSSR count). The van der Waals surface area contributed by atoms with Crippen LogP contribution in [0.1, 0.15) is 5.69 Å². The van der Waals surface area contributed by atoms with E-state index in [9.17, 15) is 4.39 Å². The molecule has 0 fully saturated rings. The lowest BCUT2D eigenvalue weighted by molar-refractivity contribution is 0.602. The molecule has 2 aromatic rings.